The van der Waals surface area contributed by atoms with Gasteiger partial charge in [-0.3, -0.25) is 4.79 Å². The smallest absolute Gasteiger partial charge is 0.345 e. The zero-order valence-electron chi connectivity index (χ0n) is 6.41. The van der Waals surface area contributed by atoms with Crippen LogP contribution < -0.4 is 0 Å². The van der Waals surface area contributed by atoms with E-state index < -0.39 is 23.5 Å². The second-order valence-corrected chi connectivity index (χ2v) is 3.02. The second kappa shape index (κ2) is 1.94. The molecule has 64 valence electrons. The zero-order valence-corrected chi connectivity index (χ0v) is 6.41. The summed E-state index contributed by atoms with van der Waals surface area (Å²) in [7, 11) is 1.12. The van der Waals surface area contributed by atoms with Crippen LogP contribution in [0.25, 0.3) is 0 Å². The molecule has 0 amide bonds. The van der Waals surface area contributed by atoms with E-state index in [2.05, 4.69) is 4.74 Å². The third-order valence-electron chi connectivity index (χ3n) is 2.46. The van der Waals surface area contributed by atoms with E-state index in [0.717, 1.165) is 7.11 Å². The number of hydrogen-bond donors (Lipinski definition) is 0. The second-order valence-electron chi connectivity index (χ2n) is 3.02. The lowest BCUT2D eigenvalue weighted by molar-refractivity contribution is -0.150. The van der Waals surface area contributed by atoms with Gasteiger partial charge in [-0.1, -0.05) is 6.08 Å². The quantitative estimate of drug-likeness (QED) is 0.530. The van der Waals surface area contributed by atoms with Gasteiger partial charge in [0.05, 0.1) is 13.0 Å². The first-order valence-corrected chi connectivity index (χ1v) is 3.61. The van der Waals surface area contributed by atoms with Crippen molar-refractivity contribution in [1.29, 1.82) is 0 Å². The third kappa shape index (κ3) is 0.605. The first-order valence-electron chi connectivity index (χ1n) is 3.61. The molecule has 2 aliphatic carbocycles. The molecule has 4 heteroatoms. The summed E-state index contributed by atoms with van der Waals surface area (Å²) in [6.45, 7) is 0. The van der Waals surface area contributed by atoms with Crippen LogP contribution in [0, 0.1) is 11.8 Å². The normalized spacial score (nSPS) is 42.7. The van der Waals surface area contributed by atoms with Crippen LogP contribution in [0.2, 0.25) is 0 Å². The molecule has 0 bridgehead atoms. The standard InChI is InChI=1S/C8H7FO3/c1-12-7(11)8(9)4-2-3-5(10)6(4)8/h2-4,6H,1H3. The molecule has 12 heavy (non-hydrogen) atoms. The van der Waals surface area contributed by atoms with Crippen LogP contribution in [-0.4, -0.2) is 24.5 Å². The van der Waals surface area contributed by atoms with Crippen molar-refractivity contribution in [3.05, 3.63) is 12.2 Å². The van der Waals surface area contributed by atoms with Gasteiger partial charge in [0.1, 0.15) is 0 Å². The number of esters is 1. The number of fused-ring (bicyclic) bond motifs is 1. The van der Waals surface area contributed by atoms with Crippen LogP contribution >= 0.6 is 0 Å². The van der Waals surface area contributed by atoms with E-state index in [1.54, 1.807) is 0 Å². The lowest BCUT2D eigenvalue weighted by Crippen LogP contribution is -2.25. The first kappa shape index (κ1) is 7.46. The van der Waals surface area contributed by atoms with Gasteiger partial charge >= 0.3 is 5.97 Å². The third-order valence-corrected chi connectivity index (χ3v) is 2.46. The Balaban J connectivity index is 2.25. The Morgan fingerprint density at radius 2 is 2.42 bits per heavy atom. The molecule has 2 rings (SSSR count). The Labute approximate surface area is 68.2 Å². The van der Waals surface area contributed by atoms with Crippen LogP contribution in [0.1, 0.15) is 0 Å². The van der Waals surface area contributed by atoms with Crippen LogP contribution in [0.4, 0.5) is 4.39 Å². The average molecular weight is 170 g/mol. The lowest BCUT2D eigenvalue weighted by Gasteiger charge is -2.04. The van der Waals surface area contributed by atoms with Gasteiger partial charge in [-0.25, -0.2) is 9.18 Å². The van der Waals surface area contributed by atoms with Crippen LogP contribution in [0.5, 0.6) is 0 Å². The topological polar surface area (TPSA) is 43.4 Å². The molecule has 3 unspecified atom stereocenters. The molecule has 1 fully saturated rings. The Morgan fingerprint density at radius 3 is 2.83 bits per heavy atom. The minimum atomic E-state index is -2.05. The number of halogens is 1. The summed E-state index contributed by atoms with van der Waals surface area (Å²) < 4.78 is 17.8. The maximum Gasteiger partial charge on any atom is 0.345 e. The van der Waals surface area contributed by atoms with Crippen molar-refractivity contribution in [3.63, 3.8) is 0 Å². The zero-order chi connectivity index (χ0) is 8.93. The van der Waals surface area contributed by atoms with Gasteiger partial charge in [-0.2, -0.15) is 0 Å². The molecule has 0 radical (unpaired) electrons. The maximum absolute atomic E-state index is 13.5. The molecule has 0 spiro atoms. The minimum absolute atomic E-state index is 0.312. The molecule has 0 N–H and O–H groups in total. The van der Waals surface area contributed by atoms with Gasteiger partial charge in [-0.05, 0) is 6.08 Å². The molecule has 0 aromatic carbocycles. The molecular weight excluding hydrogens is 163 g/mol. The highest BCUT2D eigenvalue weighted by molar-refractivity contribution is 6.06. The maximum atomic E-state index is 13.5. The number of carbonyl (C=O) groups excluding carboxylic acids is 2. The molecule has 3 atom stereocenters. The van der Waals surface area contributed by atoms with Crippen molar-refractivity contribution in [1.82, 2.24) is 0 Å². The first-order chi connectivity index (χ1) is 5.62. The van der Waals surface area contributed by atoms with Gasteiger partial charge in [0, 0.05) is 5.92 Å². The number of ether oxygens (including phenoxy) is 1. The predicted molar refractivity (Wildman–Crippen MR) is 37.0 cm³/mol. The number of allylic oxidation sites excluding steroid dienone is 2. The molecule has 0 saturated heterocycles. The number of hydrogen-bond acceptors (Lipinski definition) is 3. The number of rotatable bonds is 1. The largest absolute Gasteiger partial charge is 0.467 e. The Bertz CT molecular complexity index is 297. The number of carbonyl (C=O) groups is 2. The number of methoxy groups -OCH3 is 1. The molecule has 2 aliphatic rings. The molecule has 0 aromatic rings. The van der Waals surface area contributed by atoms with Crippen molar-refractivity contribution in [2.75, 3.05) is 7.11 Å². The Hall–Kier alpha value is -1.19. The Morgan fingerprint density at radius 1 is 1.75 bits per heavy atom. The van der Waals surface area contributed by atoms with Gasteiger partial charge in [0.25, 0.3) is 0 Å². The molecule has 0 heterocycles. The van der Waals surface area contributed by atoms with E-state index in [1.807, 2.05) is 0 Å². The van der Waals surface area contributed by atoms with Crippen LogP contribution in [0.3, 0.4) is 0 Å². The molecule has 1 saturated carbocycles. The lowest BCUT2D eigenvalue weighted by atomic mass is 10.2. The minimum Gasteiger partial charge on any atom is -0.467 e. The van der Waals surface area contributed by atoms with Gasteiger partial charge in [0.15, 0.2) is 5.78 Å². The van der Waals surface area contributed by atoms with Crippen LogP contribution in [-0.2, 0) is 14.3 Å². The van der Waals surface area contributed by atoms with Crippen molar-refractivity contribution >= 4 is 11.8 Å². The van der Waals surface area contributed by atoms with E-state index in [-0.39, 0.29) is 5.78 Å². The Kier molecular flexibility index (Phi) is 1.21. The summed E-state index contributed by atoms with van der Waals surface area (Å²) >= 11 is 0. The highest BCUT2D eigenvalue weighted by Crippen LogP contribution is 2.58. The highest BCUT2D eigenvalue weighted by atomic mass is 19.1. The fraction of sp³-hybridized carbons (Fsp3) is 0.500. The molecular formula is C8H7FO3. The average Bonchev–Trinajstić information content (AvgIpc) is 2.44. The molecule has 3 nitrogen and oxygen atoms in total. The summed E-state index contributed by atoms with van der Waals surface area (Å²) in [6.07, 6.45) is 2.75. The summed E-state index contributed by atoms with van der Waals surface area (Å²) in [5.41, 5.74) is -2.05. The monoisotopic (exact) mass is 170 g/mol. The summed E-state index contributed by atoms with van der Waals surface area (Å²) in [5.74, 6) is -2.62. The van der Waals surface area contributed by atoms with E-state index in [9.17, 15) is 14.0 Å². The fourth-order valence-corrected chi connectivity index (χ4v) is 1.74. The van der Waals surface area contributed by atoms with E-state index >= 15 is 0 Å². The number of alkyl halides is 1. The highest BCUT2D eigenvalue weighted by Gasteiger charge is 2.75. The molecule has 0 aromatic heterocycles. The summed E-state index contributed by atoms with van der Waals surface area (Å²) in [5, 5.41) is 0. The summed E-state index contributed by atoms with van der Waals surface area (Å²) in [4.78, 5) is 21.8. The van der Waals surface area contributed by atoms with Gasteiger partial charge in [0.2, 0.25) is 5.67 Å². The van der Waals surface area contributed by atoms with E-state index in [1.165, 1.54) is 12.2 Å². The SMILES string of the molecule is COC(=O)C1(F)C2C=CC(=O)C21. The van der Waals surface area contributed by atoms with Crippen LogP contribution in [0.15, 0.2) is 12.2 Å². The van der Waals surface area contributed by atoms with Crippen molar-refractivity contribution in [2.45, 2.75) is 5.67 Å². The van der Waals surface area contributed by atoms with Crippen molar-refractivity contribution in [3.8, 4) is 0 Å². The van der Waals surface area contributed by atoms with Crippen molar-refractivity contribution < 1.29 is 18.7 Å². The van der Waals surface area contributed by atoms with Crippen molar-refractivity contribution in [2.24, 2.45) is 11.8 Å². The van der Waals surface area contributed by atoms with E-state index in [0.29, 0.717) is 0 Å². The summed E-state index contributed by atoms with van der Waals surface area (Å²) in [6, 6.07) is 0. The number of ketones is 1. The predicted octanol–water partition coefficient (Wildman–Crippen LogP) is 0.253. The van der Waals surface area contributed by atoms with E-state index in [4.69, 9.17) is 0 Å². The van der Waals surface area contributed by atoms with Gasteiger partial charge < -0.3 is 4.74 Å². The van der Waals surface area contributed by atoms with Gasteiger partial charge in [-0.15, -0.1) is 0 Å². The molecule has 0 aliphatic heterocycles. The fourth-order valence-electron chi connectivity index (χ4n) is 1.74.